The highest BCUT2D eigenvalue weighted by atomic mass is 127. The molecule has 0 aromatic carbocycles. The molecule has 0 aliphatic carbocycles. The number of aryl methyl sites for hydroxylation is 1. The van der Waals surface area contributed by atoms with Gasteiger partial charge in [0.1, 0.15) is 11.9 Å². The summed E-state index contributed by atoms with van der Waals surface area (Å²) in [6.45, 7) is 7.14. The summed E-state index contributed by atoms with van der Waals surface area (Å²) in [5.74, 6) is 1.68. The molecule has 1 aromatic heterocycles. The Kier molecular flexibility index (Phi) is 6.11. The molecule has 1 rings (SSSR count). The predicted molar refractivity (Wildman–Crippen MR) is 78.3 cm³/mol. The van der Waals surface area contributed by atoms with Gasteiger partial charge in [0.05, 0.1) is 9.26 Å². The van der Waals surface area contributed by atoms with Crippen molar-refractivity contribution >= 4 is 28.4 Å². The average Bonchev–Trinajstić information content (AvgIpc) is 2.36. The number of halogens is 1. The third-order valence-corrected chi connectivity index (χ3v) is 3.67. The van der Waals surface area contributed by atoms with Crippen molar-refractivity contribution in [1.29, 1.82) is 0 Å². The molecule has 0 amide bonds. The molecule has 0 fully saturated rings. The number of rotatable bonds is 6. The van der Waals surface area contributed by atoms with Crippen molar-refractivity contribution in [3.8, 4) is 0 Å². The van der Waals surface area contributed by atoms with E-state index in [-0.39, 0.29) is 6.10 Å². The normalized spacial score (nSPS) is 12.5. The Morgan fingerprint density at radius 2 is 2.06 bits per heavy atom. The van der Waals surface area contributed by atoms with Gasteiger partial charge in [-0.25, -0.2) is 9.97 Å². The number of nitrogens with one attached hydrogen (secondary N) is 1. The van der Waals surface area contributed by atoms with E-state index in [4.69, 9.17) is 4.74 Å². The second-order valence-corrected chi connectivity index (χ2v) is 4.93. The van der Waals surface area contributed by atoms with Crippen molar-refractivity contribution in [2.45, 2.75) is 39.7 Å². The van der Waals surface area contributed by atoms with E-state index in [9.17, 15) is 0 Å². The van der Waals surface area contributed by atoms with Crippen LogP contribution in [0, 0.1) is 3.57 Å². The van der Waals surface area contributed by atoms with E-state index in [1.165, 1.54) is 0 Å². The highest BCUT2D eigenvalue weighted by Gasteiger charge is 2.14. The summed E-state index contributed by atoms with van der Waals surface area (Å²) in [6.07, 6.45) is 1.92. The van der Waals surface area contributed by atoms with Gasteiger partial charge >= 0.3 is 0 Å². The monoisotopic (exact) mass is 349 g/mol. The smallest absolute Gasteiger partial charge is 0.159 e. The van der Waals surface area contributed by atoms with E-state index in [1.54, 1.807) is 7.11 Å². The number of aromatic nitrogens is 2. The summed E-state index contributed by atoms with van der Waals surface area (Å²) in [4.78, 5) is 9.08. The first-order valence-electron chi connectivity index (χ1n) is 5.96. The third kappa shape index (κ3) is 3.77. The van der Waals surface area contributed by atoms with Crippen molar-refractivity contribution in [2.24, 2.45) is 0 Å². The summed E-state index contributed by atoms with van der Waals surface area (Å²) < 4.78 is 6.40. The minimum absolute atomic E-state index is 0.0699. The highest BCUT2D eigenvalue weighted by Crippen LogP contribution is 2.22. The molecule has 0 spiro atoms. The quantitative estimate of drug-likeness (QED) is 0.802. The Morgan fingerprint density at radius 3 is 2.59 bits per heavy atom. The van der Waals surface area contributed by atoms with Gasteiger partial charge in [0.15, 0.2) is 5.82 Å². The third-order valence-electron chi connectivity index (χ3n) is 2.53. The van der Waals surface area contributed by atoms with Crippen LogP contribution >= 0.6 is 22.6 Å². The lowest BCUT2D eigenvalue weighted by molar-refractivity contribution is 0.112. The molecule has 1 N–H and O–H groups in total. The van der Waals surface area contributed by atoms with E-state index in [1.807, 2.05) is 6.92 Å². The fraction of sp³-hybridized carbons (Fsp3) is 0.667. The van der Waals surface area contributed by atoms with Crippen LogP contribution in [0.3, 0.4) is 0 Å². The molecule has 4 nitrogen and oxygen atoms in total. The number of hydrogen-bond donors (Lipinski definition) is 1. The fourth-order valence-electron chi connectivity index (χ4n) is 1.39. The standard InChI is InChI=1S/C12H20IN3O/c1-5-7-14-12-10(13)9(6-2)15-11(16-12)8(3)17-4/h8H,5-7H2,1-4H3,(H,14,15,16). The van der Waals surface area contributed by atoms with Crippen LogP contribution in [0.5, 0.6) is 0 Å². The van der Waals surface area contributed by atoms with Gasteiger partial charge in [-0.1, -0.05) is 13.8 Å². The van der Waals surface area contributed by atoms with Gasteiger partial charge in [-0.15, -0.1) is 0 Å². The number of nitrogens with zero attached hydrogens (tertiary/aromatic N) is 2. The summed E-state index contributed by atoms with van der Waals surface area (Å²) in [7, 11) is 1.68. The zero-order valence-electron chi connectivity index (χ0n) is 10.9. The molecular formula is C12H20IN3O. The average molecular weight is 349 g/mol. The van der Waals surface area contributed by atoms with E-state index < -0.39 is 0 Å². The summed E-state index contributed by atoms with van der Waals surface area (Å²) in [5, 5.41) is 3.34. The van der Waals surface area contributed by atoms with Crippen molar-refractivity contribution in [3.63, 3.8) is 0 Å². The molecule has 0 saturated carbocycles. The molecule has 5 heteroatoms. The topological polar surface area (TPSA) is 47.0 Å². The van der Waals surface area contributed by atoms with Crippen LogP contribution in [0.4, 0.5) is 5.82 Å². The second kappa shape index (κ2) is 7.10. The van der Waals surface area contributed by atoms with E-state index in [2.05, 4.69) is 51.7 Å². The molecule has 1 unspecified atom stereocenters. The first kappa shape index (κ1) is 14.6. The predicted octanol–water partition coefficient (Wildman–Crippen LogP) is 3.17. The van der Waals surface area contributed by atoms with Gasteiger partial charge in [0.2, 0.25) is 0 Å². The molecular weight excluding hydrogens is 329 g/mol. The van der Waals surface area contributed by atoms with Crippen LogP contribution in [0.1, 0.15) is 44.8 Å². The maximum atomic E-state index is 5.28. The Bertz CT molecular complexity index is 371. The maximum Gasteiger partial charge on any atom is 0.159 e. The molecule has 0 aliphatic rings. The molecule has 0 aliphatic heterocycles. The van der Waals surface area contributed by atoms with Crippen LogP contribution in [-0.2, 0) is 11.2 Å². The van der Waals surface area contributed by atoms with Crippen LogP contribution in [0.15, 0.2) is 0 Å². The van der Waals surface area contributed by atoms with Crippen LogP contribution in [-0.4, -0.2) is 23.6 Å². The summed E-state index contributed by atoms with van der Waals surface area (Å²) in [5.41, 5.74) is 1.08. The zero-order chi connectivity index (χ0) is 12.8. The van der Waals surface area contributed by atoms with E-state index in [0.29, 0.717) is 0 Å². The molecule has 1 aromatic rings. The van der Waals surface area contributed by atoms with Crippen LogP contribution < -0.4 is 5.32 Å². The van der Waals surface area contributed by atoms with Gasteiger partial charge in [0.25, 0.3) is 0 Å². The molecule has 0 saturated heterocycles. The Balaban J connectivity index is 3.09. The lowest BCUT2D eigenvalue weighted by Crippen LogP contribution is -2.12. The number of ether oxygens (including phenoxy) is 1. The van der Waals surface area contributed by atoms with E-state index in [0.717, 1.165) is 40.3 Å². The van der Waals surface area contributed by atoms with Crippen LogP contribution in [0.2, 0.25) is 0 Å². The van der Waals surface area contributed by atoms with Gasteiger partial charge in [-0.05, 0) is 42.4 Å². The molecule has 1 atom stereocenters. The SMILES string of the molecule is CCCNc1nc(C(C)OC)nc(CC)c1I. The Hall–Kier alpha value is -0.430. The minimum atomic E-state index is -0.0699. The first-order chi connectivity index (χ1) is 8.13. The van der Waals surface area contributed by atoms with Gasteiger partial charge in [-0.3, -0.25) is 0 Å². The van der Waals surface area contributed by atoms with E-state index >= 15 is 0 Å². The molecule has 17 heavy (non-hydrogen) atoms. The molecule has 0 radical (unpaired) electrons. The molecule has 96 valence electrons. The van der Waals surface area contributed by atoms with Gasteiger partial charge in [0, 0.05) is 13.7 Å². The summed E-state index contributed by atoms with van der Waals surface area (Å²) in [6, 6.07) is 0. The Labute approximate surface area is 117 Å². The van der Waals surface area contributed by atoms with Crippen molar-refractivity contribution in [2.75, 3.05) is 19.0 Å². The Morgan fingerprint density at radius 1 is 1.35 bits per heavy atom. The largest absolute Gasteiger partial charge is 0.374 e. The van der Waals surface area contributed by atoms with Crippen molar-refractivity contribution in [1.82, 2.24) is 9.97 Å². The van der Waals surface area contributed by atoms with Gasteiger partial charge < -0.3 is 10.1 Å². The van der Waals surface area contributed by atoms with Gasteiger partial charge in [-0.2, -0.15) is 0 Å². The maximum absolute atomic E-state index is 5.28. The summed E-state index contributed by atoms with van der Waals surface area (Å²) >= 11 is 2.30. The first-order valence-corrected chi connectivity index (χ1v) is 7.04. The lowest BCUT2D eigenvalue weighted by atomic mass is 10.3. The van der Waals surface area contributed by atoms with Crippen LogP contribution in [0.25, 0.3) is 0 Å². The second-order valence-electron chi connectivity index (χ2n) is 3.85. The number of anilines is 1. The lowest BCUT2D eigenvalue weighted by Gasteiger charge is -2.14. The minimum Gasteiger partial charge on any atom is -0.374 e. The number of methoxy groups -OCH3 is 1. The fourth-order valence-corrected chi connectivity index (χ4v) is 2.21. The van der Waals surface area contributed by atoms with Crippen molar-refractivity contribution in [3.05, 3.63) is 15.1 Å². The molecule has 1 heterocycles. The number of hydrogen-bond acceptors (Lipinski definition) is 4. The zero-order valence-corrected chi connectivity index (χ0v) is 13.0. The highest BCUT2D eigenvalue weighted by molar-refractivity contribution is 14.1. The molecule has 0 bridgehead atoms. The van der Waals surface area contributed by atoms with Crippen molar-refractivity contribution < 1.29 is 4.74 Å².